The molecule has 0 radical (unpaired) electrons. The second-order valence-electron chi connectivity index (χ2n) is 3.34. The Morgan fingerprint density at radius 2 is 2.23 bits per heavy atom. The minimum atomic E-state index is -0.137. The third-order valence-electron chi connectivity index (χ3n) is 2.08. The Bertz CT molecular complexity index is 281. The molecule has 0 aromatic heterocycles. The van der Waals surface area contributed by atoms with E-state index >= 15 is 0 Å². The third-order valence-corrected chi connectivity index (χ3v) is 2.08. The number of rotatable bonds is 2. The van der Waals surface area contributed by atoms with Crippen LogP contribution in [0.25, 0.3) is 0 Å². The predicted molar refractivity (Wildman–Crippen MR) is 46.0 cm³/mol. The lowest BCUT2D eigenvalue weighted by atomic mass is 10.1. The molecule has 1 saturated carbocycles. The zero-order valence-electron chi connectivity index (χ0n) is 7.17. The topological polar surface area (TPSA) is 70.6 Å². The van der Waals surface area contributed by atoms with Crippen LogP contribution in [0, 0.1) is 0 Å². The van der Waals surface area contributed by atoms with E-state index in [1.807, 2.05) is 0 Å². The summed E-state index contributed by atoms with van der Waals surface area (Å²) in [5, 5.41) is 6.51. The van der Waals surface area contributed by atoms with Gasteiger partial charge >= 0.3 is 0 Å². The molecular weight excluding hydrogens is 170 g/mol. The fourth-order valence-corrected chi connectivity index (χ4v) is 1.13. The molecular formula is C8H11N3O2. The van der Waals surface area contributed by atoms with Gasteiger partial charge in [-0.05, 0) is 12.8 Å². The SMILES string of the molecule is O=C1CCC(C(=O)NC2CC2)=NN1. The highest BCUT2D eigenvalue weighted by Gasteiger charge is 2.26. The van der Waals surface area contributed by atoms with Crippen molar-refractivity contribution in [2.75, 3.05) is 0 Å². The average Bonchev–Trinajstić information content (AvgIpc) is 2.89. The minimum absolute atomic E-state index is 0.122. The van der Waals surface area contributed by atoms with Gasteiger partial charge in [-0.3, -0.25) is 9.59 Å². The molecule has 2 rings (SSSR count). The van der Waals surface area contributed by atoms with E-state index in [1.165, 1.54) is 0 Å². The second kappa shape index (κ2) is 3.16. The van der Waals surface area contributed by atoms with Crippen molar-refractivity contribution in [3.63, 3.8) is 0 Å². The van der Waals surface area contributed by atoms with Crippen molar-refractivity contribution in [3.8, 4) is 0 Å². The molecule has 2 amide bonds. The van der Waals surface area contributed by atoms with Gasteiger partial charge in [-0.15, -0.1) is 0 Å². The molecule has 2 aliphatic rings. The first-order valence-electron chi connectivity index (χ1n) is 4.42. The van der Waals surface area contributed by atoms with Gasteiger partial charge in [0.25, 0.3) is 5.91 Å². The van der Waals surface area contributed by atoms with E-state index in [0.29, 0.717) is 24.6 Å². The average molecular weight is 181 g/mol. The standard InChI is InChI=1S/C8H11N3O2/c12-7-4-3-6(10-11-7)8(13)9-5-1-2-5/h5H,1-4H2,(H,9,13)(H,11,12). The quantitative estimate of drug-likeness (QED) is 0.604. The van der Waals surface area contributed by atoms with E-state index in [4.69, 9.17) is 0 Å². The van der Waals surface area contributed by atoms with Gasteiger partial charge in [-0.2, -0.15) is 5.10 Å². The summed E-state index contributed by atoms with van der Waals surface area (Å²) in [5.74, 6) is -0.259. The summed E-state index contributed by atoms with van der Waals surface area (Å²) in [7, 11) is 0. The van der Waals surface area contributed by atoms with Gasteiger partial charge in [0.1, 0.15) is 5.71 Å². The molecule has 1 fully saturated rings. The number of nitrogens with zero attached hydrogens (tertiary/aromatic N) is 1. The molecule has 0 bridgehead atoms. The molecule has 1 aliphatic carbocycles. The Morgan fingerprint density at radius 3 is 2.77 bits per heavy atom. The molecule has 0 unspecified atom stereocenters. The van der Waals surface area contributed by atoms with Crippen LogP contribution in [0.15, 0.2) is 5.10 Å². The maximum absolute atomic E-state index is 11.4. The van der Waals surface area contributed by atoms with Gasteiger partial charge in [-0.25, -0.2) is 5.43 Å². The molecule has 0 atom stereocenters. The monoisotopic (exact) mass is 181 g/mol. The molecule has 13 heavy (non-hydrogen) atoms. The van der Waals surface area contributed by atoms with Gasteiger partial charge in [0.2, 0.25) is 5.91 Å². The maximum Gasteiger partial charge on any atom is 0.267 e. The van der Waals surface area contributed by atoms with Crippen LogP contribution in [0.5, 0.6) is 0 Å². The number of hydrogen-bond donors (Lipinski definition) is 2. The van der Waals surface area contributed by atoms with Crippen molar-refractivity contribution < 1.29 is 9.59 Å². The summed E-state index contributed by atoms with van der Waals surface area (Å²) < 4.78 is 0. The number of hydrazone groups is 1. The summed E-state index contributed by atoms with van der Waals surface area (Å²) >= 11 is 0. The second-order valence-corrected chi connectivity index (χ2v) is 3.34. The van der Waals surface area contributed by atoms with E-state index in [9.17, 15) is 9.59 Å². The van der Waals surface area contributed by atoms with Gasteiger partial charge in [0.05, 0.1) is 0 Å². The lowest BCUT2D eigenvalue weighted by Crippen LogP contribution is -2.37. The Morgan fingerprint density at radius 1 is 1.46 bits per heavy atom. The fraction of sp³-hybridized carbons (Fsp3) is 0.625. The van der Waals surface area contributed by atoms with Gasteiger partial charge in [0.15, 0.2) is 0 Å². The number of nitrogens with one attached hydrogen (secondary N) is 2. The zero-order chi connectivity index (χ0) is 9.26. The summed E-state index contributed by atoms with van der Waals surface area (Å²) in [6, 6.07) is 0.341. The zero-order valence-corrected chi connectivity index (χ0v) is 7.17. The van der Waals surface area contributed by atoms with Crippen molar-refractivity contribution >= 4 is 17.5 Å². The molecule has 2 N–H and O–H groups in total. The first-order chi connectivity index (χ1) is 6.25. The van der Waals surface area contributed by atoms with Crippen LogP contribution in [0.1, 0.15) is 25.7 Å². The molecule has 1 heterocycles. The van der Waals surface area contributed by atoms with Crippen molar-refractivity contribution in [3.05, 3.63) is 0 Å². The van der Waals surface area contributed by atoms with Crippen molar-refractivity contribution in [2.24, 2.45) is 5.10 Å². The summed E-state index contributed by atoms with van der Waals surface area (Å²) in [6.07, 6.45) is 2.93. The third kappa shape index (κ3) is 2.05. The smallest absolute Gasteiger partial charge is 0.267 e. The summed E-state index contributed by atoms with van der Waals surface area (Å²) in [6.45, 7) is 0. The van der Waals surface area contributed by atoms with Crippen molar-refractivity contribution in [2.45, 2.75) is 31.7 Å². The molecule has 5 heteroatoms. The lowest BCUT2D eigenvalue weighted by Gasteiger charge is -2.11. The van der Waals surface area contributed by atoms with Gasteiger partial charge in [-0.1, -0.05) is 0 Å². The number of carbonyl (C=O) groups excluding carboxylic acids is 2. The minimum Gasteiger partial charge on any atom is -0.348 e. The molecule has 0 aromatic carbocycles. The maximum atomic E-state index is 11.4. The molecule has 0 spiro atoms. The molecule has 1 aliphatic heterocycles. The van der Waals surface area contributed by atoms with Crippen LogP contribution in [0.4, 0.5) is 0 Å². The highest BCUT2D eigenvalue weighted by atomic mass is 16.2. The van der Waals surface area contributed by atoms with E-state index in [1.54, 1.807) is 0 Å². The van der Waals surface area contributed by atoms with Crippen LogP contribution < -0.4 is 10.7 Å². The van der Waals surface area contributed by atoms with Crippen LogP contribution in [0.3, 0.4) is 0 Å². The largest absolute Gasteiger partial charge is 0.348 e. The van der Waals surface area contributed by atoms with Crippen LogP contribution in [-0.4, -0.2) is 23.6 Å². The van der Waals surface area contributed by atoms with Crippen LogP contribution in [-0.2, 0) is 9.59 Å². The van der Waals surface area contributed by atoms with E-state index in [2.05, 4.69) is 15.8 Å². The van der Waals surface area contributed by atoms with Crippen molar-refractivity contribution in [1.29, 1.82) is 0 Å². The summed E-state index contributed by atoms with van der Waals surface area (Å²) in [4.78, 5) is 22.1. The Labute approximate surface area is 75.6 Å². The highest BCUT2D eigenvalue weighted by Crippen LogP contribution is 2.18. The highest BCUT2D eigenvalue weighted by molar-refractivity contribution is 6.39. The molecule has 0 saturated heterocycles. The normalized spacial score (nSPS) is 21.8. The van der Waals surface area contributed by atoms with Gasteiger partial charge < -0.3 is 5.32 Å². The lowest BCUT2D eigenvalue weighted by molar-refractivity contribution is -0.121. The number of carbonyl (C=O) groups is 2. The number of amides is 2. The van der Waals surface area contributed by atoms with E-state index in [-0.39, 0.29) is 11.8 Å². The Hall–Kier alpha value is -1.39. The number of hydrogen-bond acceptors (Lipinski definition) is 3. The first kappa shape index (κ1) is 8.22. The van der Waals surface area contributed by atoms with E-state index in [0.717, 1.165) is 12.8 Å². The molecule has 5 nitrogen and oxygen atoms in total. The van der Waals surface area contributed by atoms with E-state index < -0.39 is 0 Å². The predicted octanol–water partition coefficient (Wildman–Crippen LogP) is -0.469. The van der Waals surface area contributed by atoms with Crippen molar-refractivity contribution in [1.82, 2.24) is 10.7 Å². The Balaban J connectivity index is 1.91. The summed E-state index contributed by atoms with van der Waals surface area (Å²) in [5.41, 5.74) is 2.73. The first-order valence-corrected chi connectivity index (χ1v) is 4.42. The molecule has 0 aromatic rings. The van der Waals surface area contributed by atoms with Crippen LogP contribution in [0.2, 0.25) is 0 Å². The Kier molecular flexibility index (Phi) is 2.00. The fourth-order valence-electron chi connectivity index (χ4n) is 1.13. The van der Waals surface area contributed by atoms with Gasteiger partial charge in [0, 0.05) is 18.9 Å². The molecule has 70 valence electrons. The van der Waals surface area contributed by atoms with Crippen LogP contribution >= 0.6 is 0 Å².